The van der Waals surface area contributed by atoms with Crippen molar-refractivity contribution in [3.8, 4) is 11.1 Å². The largest absolute Gasteiger partial charge is 0.480 e. The Balaban J connectivity index is 1.37. The van der Waals surface area contributed by atoms with Gasteiger partial charge in [0.1, 0.15) is 12.6 Å². The fourth-order valence-corrected chi connectivity index (χ4v) is 4.90. The standard InChI is InChI=1S/C22H21NO5/c24-21(25)19-9-13-10-27-12-20(13)23(19)22(26)28-11-18-16-7-3-1-5-14(16)15-6-2-4-8-17(15)18/h1-8,13,18-20H,9-12H2,(H,24,25). The van der Waals surface area contributed by atoms with Gasteiger partial charge < -0.3 is 14.6 Å². The Hall–Kier alpha value is -2.86. The molecular formula is C22H21NO5. The summed E-state index contributed by atoms with van der Waals surface area (Å²) in [6.07, 6.45) is -0.142. The van der Waals surface area contributed by atoms with Crippen LogP contribution in [-0.2, 0) is 14.3 Å². The lowest BCUT2D eigenvalue weighted by molar-refractivity contribution is -0.142. The van der Waals surface area contributed by atoms with Crippen LogP contribution in [-0.4, -0.2) is 54.0 Å². The van der Waals surface area contributed by atoms with E-state index in [0.29, 0.717) is 19.6 Å². The molecule has 1 amide bonds. The minimum Gasteiger partial charge on any atom is -0.480 e. The molecule has 6 heteroatoms. The van der Waals surface area contributed by atoms with Crippen LogP contribution in [0.15, 0.2) is 48.5 Å². The minimum atomic E-state index is -0.983. The average molecular weight is 379 g/mol. The molecule has 0 aromatic heterocycles. The van der Waals surface area contributed by atoms with Gasteiger partial charge in [0.15, 0.2) is 0 Å². The van der Waals surface area contributed by atoms with Crippen molar-refractivity contribution in [1.29, 1.82) is 0 Å². The lowest BCUT2D eigenvalue weighted by Crippen LogP contribution is -2.46. The van der Waals surface area contributed by atoms with Crippen molar-refractivity contribution >= 4 is 12.1 Å². The number of hydrogen-bond acceptors (Lipinski definition) is 4. The van der Waals surface area contributed by atoms with Crippen molar-refractivity contribution in [3.05, 3.63) is 59.7 Å². The van der Waals surface area contributed by atoms with Gasteiger partial charge in [-0.15, -0.1) is 0 Å². The highest BCUT2D eigenvalue weighted by Gasteiger charge is 2.50. The molecule has 6 nitrogen and oxygen atoms in total. The molecule has 0 spiro atoms. The monoisotopic (exact) mass is 379 g/mol. The van der Waals surface area contributed by atoms with Crippen LogP contribution in [0.5, 0.6) is 0 Å². The first-order valence-corrected chi connectivity index (χ1v) is 9.59. The Morgan fingerprint density at radius 3 is 2.32 bits per heavy atom. The predicted octanol–water partition coefficient (Wildman–Crippen LogP) is 3.11. The summed E-state index contributed by atoms with van der Waals surface area (Å²) in [6, 6.07) is 15.2. The molecule has 2 aromatic carbocycles. The maximum atomic E-state index is 12.9. The number of carboxylic acid groups (broad SMARTS) is 1. The van der Waals surface area contributed by atoms with E-state index in [1.165, 1.54) is 4.90 Å². The first-order chi connectivity index (χ1) is 13.6. The van der Waals surface area contributed by atoms with Crippen LogP contribution in [0, 0.1) is 5.92 Å². The Labute approximate surface area is 162 Å². The lowest BCUT2D eigenvalue weighted by Gasteiger charge is -2.27. The van der Waals surface area contributed by atoms with Gasteiger partial charge in [0.05, 0.1) is 19.3 Å². The van der Waals surface area contributed by atoms with Crippen LogP contribution in [0.1, 0.15) is 23.5 Å². The number of rotatable bonds is 3. The lowest BCUT2D eigenvalue weighted by atomic mass is 9.98. The molecule has 1 N–H and O–H groups in total. The number of ether oxygens (including phenoxy) is 2. The Kier molecular flexibility index (Phi) is 4.09. The van der Waals surface area contributed by atoms with Crippen LogP contribution in [0.2, 0.25) is 0 Å². The SMILES string of the molecule is O=C(O)C1CC2COCC2N1C(=O)OCC1c2ccccc2-c2ccccc21. The first kappa shape index (κ1) is 17.3. The van der Waals surface area contributed by atoms with E-state index < -0.39 is 18.1 Å². The van der Waals surface area contributed by atoms with Crippen molar-refractivity contribution in [3.63, 3.8) is 0 Å². The van der Waals surface area contributed by atoms with Crippen LogP contribution in [0.25, 0.3) is 11.1 Å². The molecule has 144 valence electrons. The van der Waals surface area contributed by atoms with Gasteiger partial charge in [0, 0.05) is 11.8 Å². The second-order valence-corrected chi connectivity index (χ2v) is 7.67. The summed E-state index contributed by atoms with van der Waals surface area (Å²) in [5, 5.41) is 9.54. The summed E-state index contributed by atoms with van der Waals surface area (Å²) < 4.78 is 11.1. The van der Waals surface area contributed by atoms with Gasteiger partial charge in [-0.3, -0.25) is 4.90 Å². The number of carbonyl (C=O) groups is 2. The van der Waals surface area contributed by atoms with Crippen molar-refractivity contribution in [2.24, 2.45) is 5.92 Å². The Morgan fingerprint density at radius 2 is 1.68 bits per heavy atom. The van der Waals surface area contributed by atoms with Crippen LogP contribution in [0.4, 0.5) is 4.79 Å². The highest BCUT2D eigenvalue weighted by molar-refractivity contribution is 5.82. The van der Waals surface area contributed by atoms with E-state index in [4.69, 9.17) is 9.47 Å². The molecule has 1 aliphatic carbocycles. The van der Waals surface area contributed by atoms with Gasteiger partial charge in [-0.1, -0.05) is 48.5 Å². The van der Waals surface area contributed by atoms with E-state index in [2.05, 4.69) is 24.3 Å². The van der Waals surface area contributed by atoms with Crippen molar-refractivity contribution in [2.45, 2.75) is 24.4 Å². The Morgan fingerprint density at radius 1 is 1.04 bits per heavy atom. The molecule has 2 aliphatic heterocycles. The molecule has 0 bridgehead atoms. The number of hydrogen-bond donors (Lipinski definition) is 1. The zero-order valence-electron chi connectivity index (χ0n) is 15.3. The van der Waals surface area contributed by atoms with E-state index >= 15 is 0 Å². The van der Waals surface area contributed by atoms with E-state index in [-0.39, 0.29) is 24.5 Å². The highest BCUT2D eigenvalue weighted by Crippen LogP contribution is 2.44. The van der Waals surface area contributed by atoms with Gasteiger partial charge in [0.2, 0.25) is 0 Å². The highest BCUT2D eigenvalue weighted by atomic mass is 16.6. The number of amides is 1. The molecule has 3 unspecified atom stereocenters. The maximum absolute atomic E-state index is 12.9. The van der Waals surface area contributed by atoms with Gasteiger partial charge in [-0.25, -0.2) is 9.59 Å². The molecule has 3 aliphatic rings. The fourth-order valence-electron chi connectivity index (χ4n) is 4.90. The maximum Gasteiger partial charge on any atom is 0.410 e. The molecule has 28 heavy (non-hydrogen) atoms. The normalized spacial score (nSPS) is 25.3. The molecule has 0 radical (unpaired) electrons. The third-order valence-corrected chi connectivity index (χ3v) is 6.22. The van der Waals surface area contributed by atoms with Crippen LogP contribution in [0.3, 0.4) is 0 Å². The predicted molar refractivity (Wildman–Crippen MR) is 101 cm³/mol. The second kappa shape index (κ2) is 6.63. The van der Waals surface area contributed by atoms with Gasteiger partial charge in [-0.05, 0) is 28.7 Å². The number of carboxylic acids is 1. The van der Waals surface area contributed by atoms with E-state index in [1.54, 1.807) is 0 Å². The summed E-state index contributed by atoms with van der Waals surface area (Å²) in [5.74, 6) is -0.956. The zero-order chi connectivity index (χ0) is 19.3. The molecule has 2 heterocycles. The first-order valence-electron chi connectivity index (χ1n) is 9.59. The quantitative estimate of drug-likeness (QED) is 0.887. The number of aliphatic carboxylic acids is 1. The molecule has 2 aromatic rings. The molecule has 5 rings (SSSR count). The minimum absolute atomic E-state index is 0.0437. The Bertz CT molecular complexity index is 897. The summed E-state index contributed by atoms with van der Waals surface area (Å²) in [6.45, 7) is 1.06. The van der Waals surface area contributed by atoms with Crippen LogP contribution < -0.4 is 0 Å². The molecule has 2 saturated heterocycles. The summed E-state index contributed by atoms with van der Waals surface area (Å²) >= 11 is 0. The summed E-state index contributed by atoms with van der Waals surface area (Å²) in [4.78, 5) is 25.9. The third-order valence-electron chi connectivity index (χ3n) is 6.22. The second-order valence-electron chi connectivity index (χ2n) is 7.67. The summed E-state index contributed by atoms with van der Waals surface area (Å²) in [7, 11) is 0. The summed E-state index contributed by atoms with van der Waals surface area (Å²) in [5.41, 5.74) is 4.59. The topological polar surface area (TPSA) is 76.1 Å². The van der Waals surface area contributed by atoms with Gasteiger partial charge in [0.25, 0.3) is 0 Å². The number of carbonyl (C=O) groups excluding carboxylic acids is 1. The van der Waals surface area contributed by atoms with E-state index in [0.717, 1.165) is 22.3 Å². The smallest absolute Gasteiger partial charge is 0.410 e. The number of fused-ring (bicyclic) bond motifs is 4. The van der Waals surface area contributed by atoms with E-state index in [1.807, 2.05) is 24.3 Å². The zero-order valence-corrected chi connectivity index (χ0v) is 15.3. The number of benzene rings is 2. The molecule has 0 saturated carbocycles. The van der Waals surface area contributed by atoms with Crippen LogP contribution >= 0.6 is 0 Å². The number of nitrogens with zero attached hydrogens (tertiary/aromatic N) is 1. The van der Waals surface area contributed by atoms with Crippen molar-refractivity contribution < 1.29 is 24.2 Å². The third kappa shape index (κ3) is 2.59. The number of likely N-dealkylation sites (tertiary alicyclic amines) is 1. The van der Waals surface area contributed by atoms with Gasteiger partial charge in [-0.2, -0.15) is 0 Å². The van der Waals surface area contributed by atoms with Crippen molar-refractivity contribution in [1.82, 2.24) is 4.90 Å². The average Bonchev–Trinajstić information content (AvgIpc) is 3.37. The van der Waals surface area contributed by atoms with Crippen molar-refractivity contribution in [2.75, 3.05) is 19.8 Å². The molecule has 2 fully saturated rings. The molecular weight excluding hydrogens is 358 g/mol. The fraction of sp³-hybridized carbons (Fsp3) is 0.364. The van der Waals surface area contributed by atoms with E-state index in [9.17, 15) is 14.7 Å². The van der Waals surface area contributed by atoms with Gasteiger partial charge >= 0.3 is 12.1 Å². The molecule has 3 atom stereocenters.